The summed E-state index contributed by atoms with van der Waals surface area (Å²) in [6.07, 6.45) is 0. The van der Waals surface area contributed by atoms with E-state index >= 15 is 0 Å². The van der Waals surface area contributed by atoms with Crippen molar-refractivity contribution in [3.05, 3.63) is 70.6 Å². The Hall–Kier alpha value is -3.48. The van der Waals surface area contributed by atoms with E-state index in [0.29, 0.717) is 11.4 Å². The summed E-state index contributed by atoms with van der Waals surface area (Å²) in [5.41, 5.74) is 0.995. The molecule has 23 heavy (non-hydrogen) atoms. The van der Waals surface area contributed by atoms with Gasteiger partial charge >= 0.3 is 5.63 Å². The van der Waals surface area contributed by atoms with Crippen LogP contribution in [0.1, 0.15) is 10.4 Å². The average molecular weight is 308 g/mol. The molecule has 0 aliphatic carbocycles. The fraction of sp³-hybridized carbons (Fsp3) is 0. The van der Waals surface area contributed by atoms with Gasteiger partial charge in [-0.2, -0.15) is 5.11 Å². The Morgan fingerprint density at radius 3 is 2.35 bits per heavy atom. The highest BCUT2D eigenvalue weighted by Crippen LogP contribution is 2.26. The minimum atomic E-state index is -1.27. The van der Waals surface area contributed by atoms with Gasteiger partial charge in [-0.3, -0.25) is 0 Å². The number of carbonyl (C=O) groups excluding carboxylic acids is 1. The van der Waals surface area contributed by atoms with Crippen molar-refractivity contribution >= 4 is 17.3 Å². The molecule has 0 saturated carbocycles. The Labute approximate surface area is 129 Å². The van der Waals surface area contributed by atoms with Crippen LogP contribution in [0.15, 0.2) is 74.1 Å². The molecule has 0 saturated heterocycles. The van der Waals surface area contributed by atoms with Crippen molar-refractivity contribution < 1.29 is 14.4 Å². The second-order valence-electron chi connectivity index (χ2n) is 4.62. The second kappa shape index (κ2) is 6.10. The predicted molar refractivity (Wildman–Crippen MR) is 79.7 cm³/mol. The quantitative estimate of drug-likeness (QED) is 0.746. The standard InChI is InChI=1S/C16H11N3O4/c20-15(21)11-6-8-12(9-7-11)17-18-14-13(19-23-16(14)22)10-4-2-1-3-5-10/h1-9,19H,(H,20,21)/p-1. The van der Waals surface area contributed by atoms with E-state index < -0.39 is 11.6 Å². The van der Waals surface area contributed by atoms with Crippen molar-refractivity contribution in [1.29, 1.82) is 0 Å². The van der Waals surface area contributed by atoms with Gasteiger partial charge < -0.3 is 14.4 Å². The first-order chi connectivity index (χ1) is 11.1. The molecule has 3 aromatic rings. The molecule has 1 heterocycles. The van der Waals surface area contributed by atoms with E-state index in [2.05, 4.69) is 15.4 Å². The molecule has 0 aliphatic rings. The van der Waals surface area contributed by atoms with E-state index in [1.807, 2.05) is 18.2 Å². The SMILES string of the molecule is O=C([O-])c1ccc(N=Nc2c(-c3ccccc3)[nH]oc2=O)cc1. The van der Waals surface area contributed by atoms with Gasteiger partial charge in [-0.05, 0) is 17.7 Å². The molecule has 0 amide bonds. The van der Waals surface area contributed by atoms with Gasteiger partial charge in [0.2, 0.25) is 0 Å². The summed E-state index contributed by atoms with van der Waals surface area (Å²) < 4.78 is 4.77. The zero-order chi connectivity index (χ0) is 16.2. The molecule has 0 radical (unpaired) electrons. The number of aromatic nitrogens is 1. The maximum absolute atomic E-state index is 11.7. The number of H-pyrrole nitrogens is 1. The highest BCUT2D eigenvalue weighted by Gasteiger charge is 2.13. The van der Waals surface area contributed by atoms with Gasteiger partial charge in [0.05, 0.1) is 11.7 Å². The first-order valence-corrected chi connectivity index (χ1v) is 6.65. The van der Waals surface area contributed by atoms with Crippen molar-refractivity contribution in [2.75, 3.05) is 0 Å². The third-order valence-corrected chi connectivity index (χ3v) is 3.11. The summed E-state index contributed by atoms with van der Waals surface area (Å²) in [6.45, 7) is 0. The Morgan fingerprint density at radius 2 is 1.70 bits per heavy atom. The Balaban J connectivity index is 1.93. The molecular formula is C16H10N3O4-. The number of carboxylic acids is 1. The molecule has 0 aliphatic heterocycles. The number of aromatic carboxylic acids is 1. The molecule has 3 rings (SSSR count). The van der Waals surface area contributed by atoms with Crippen LogP contribution in [0.3, 0.4) is 0 Å². The molecule has 0 spiro atoms. The van der Waals surface area contributed by atoms with E-state index in [1.54, 1.807) is 12.1 Å². The fourth-order valence-electron chi connectivity index (χ4n) is 1.96. The number of rotatable bonds is 4. The lowest BCUT2D eigenvalue weighted by atomic mass is 10.1. The lowest BCUT2D eigenvalue weighted by Gasteiger charge is -2.00. The molecule has 7 nitrogen and oxygen atoms in total. The summed E-state index contributed by atoms with van der Waals surface area (Å²) in [4.78, 5) is 22.4. The van der Waals surface area contributed by atoms with Crippen LogP contribution < -0.4 is 10.7 Å². The van der Waals surface area contributed by atoms with Gasteiger partial charge in [-0.1, -0.05) is 42.5 Å². The number of carboxylic acid groups (broad SMARTS) is 1. The van der Waals surface area contributed by atoms with Crippen LogP contribution in [0.4, 0.5) is 11.4 Å². The predicted octanol–water partition coefficient (Wildman–Crippen LogP) is 2.41. The van der Waals surface area contributed by atoms with Gasteiger partial charge in [-0.15, -0.1) is 5.11 Å². The van der Waals surface area contributed by atoms with Crippen molar-refractivity contribution in [2.24, 2.45) is 10.2 Å². The summed E-state index contributed by atoms with van der Waals surface area (Å²) in [5.74, 6) is -1.27. The molecule has 114 valence electrons. The minimum Gasteiger partial charge on any atom is -0.545 e. The number of hydrogen-bond acceptors (Lipinski definition) is 6. The van der Waals surface area contributed by atoms with Gasteiger partial charge in [0.15, 0.2) is 5.69 Å². The number of aromatic amines is 1. The van der Waals surface area contributed by atoms with E-state index in [1.165, 1.54) is 24.3 Å². The highest BCUT2D eigenvalue weighted by molar-refractivity contribution is 5.86. The van der Waals surface area contributed by atoms with Gasteiger partial charge in [0.1, 0.15) is 5.69 Å². The summed E-state index contributed by atoms with van der Waals surface area (Å²) in [7, 11) is 0. The summed E-state index contributed by atoms with van der Waals surface area (Å²) in [6, 6.07) is 14.7. The van der Waals surface area contributed by atoms with Crippen LogP contribution in [0.2, 0.25) is 0 Å². The Bertz CT molecular complexity index is 909. The van der Waals surface area contributed by atoms with E-state index in [4.69, 9.17) is 4.52 Å². The van der Waals surface area contributed by atoms with E-state index in [-0.39, 0.29) is 11.3 Å². The first-order valence-electron chi connectivity index (χ1n) is 6.65. The van der Waals surface area contributed by atoms with Crippen LogP contribution in [0.5, 0.6) is 0 Å². The molecule has 0 unspecified atom stereocenters. The normalized spacial score (nSPS) is 11.0. The zero-order valence-corrected chi connectivity index (χ0v) is 11.7. The van der Waals surface area contributed by atoms with Crippen molar-refractivity contribution in [2.45, 2.75) is 0 Å². The summed E-state index contributed by atoms with van der Waals surface area (Å²) >= 11 is 0. The number of benzene rings is 2. The Kier molecular flexibility index (Phi) is 3.84. The number of carbonyl (C=O) groups is 1. The van der Waals surface area contributed by atoms with Crippen LogP contribution >= 0.6 is 0 Å². The maximum Gasteiger partial charge on any atom is 0.385 e. The maximum atomic E-state index is 11.7. The molecule has 0 atom stereocenters. The van der Waals surface area contributed by atoms with Crippen LogP contribution in [-0.2, 0) is 0 Å². The van der Waals surface area contributed by atoms with E-state index in [0.717, 1.165) is 5.56 Å². The van der Waals surface area contributed by atoms with Crippen molar-refractivity contribution in [3.8, 4) is 11.3 Å². The number of hydrogen-bond donors (Lipinski definition) is 1. The topological polar surface area (TPSA) is 111 Å². The third-order valence-electron chi connectivity index (χ3n) is 3.11. The fourth-order valence-corrected chi connectivity index (χ4v) is 1.96. The molecule has 1 N–H and O–H groups in total. The monoisotopic (exact) mass is 308 g/mol. The van der Waals surface area contributed by atoms with Gasteiger partial charge in [-0.25, -0.2) is 9.95 Å². The zero-order valence-electron chi connectivity index (χ0n) is 11.7. The van der Waals surface area contributed by atoms with Gasteiger partial charge in [0.25, 0.3) is 0 Å². The molecular weight excluding hydrogens is 298 g/mol. The van der Waals surface area contributed by atoms with Crippen LogP contribution in [0.25, 0.3) is 11.3 Å². The third kappa shape index (κ3) is 3.08. The molecule has 1 aromatic heterocycles. The highest BCUT2D eigenvalue weighted by atomic mass is 16.5. The Morgan fingerprint density at radius 1 is 1.00 bits per heavy atom. The second-order valence-corrected chi connectivity index (χ2v) is 4.62. The molecule has 0 fully saturated rings. The van der Waals surface area contributed by atoms with Crippen LogP contribution in [0, 0.1) is 0 Å². The molecule has 2 aromatic carbocycles. The summed E-state index contributed by atoms with van der Waals surface area (Å²) in [5, 5.41) is 21.0. The average Bonchev–Trinajstić information content (AvgIpc) is 2.95. The number of azo groups is 1. The molecule has 7 heteroatoms. The minimum absolute atomic E-state index is 0.0371. The number of nitrogens with one attached hydrogen (secondary N) is 1. The van der Waals surface area contributed by atoms with Crippen molar-refractivity contribution in [3.63, 3.8) is 0 Å². The number of nitrogens with zero attached hydrogens (tertiary/aromatic N) is 2. The lowest BCUT2D eigenvalue weighted by Crippen LogP contribution is -2.21. The smallest absolute Gasteiger partial charge is 0.385 e. The lowest BCUT2D eigenvalue weighted by molar-refractivity contribution is -0.255. The van der Waals surface area contributed by atoms with Gasteiger partial charge in [0, 0.05) is 5.56 Å². The van der Waals surface area contributed by atoms with Crippen molar-refractivity contribution in [1.82, 2.24) is 5.16 Å². The largest absolute Gasteiger partial charge is 0.545 e. The molecule has 0 bridgehead atoms. The first kappa shape index (κ1) is 14.5. The van der Waals surface area contributed by atoms with E-state index in [9.17, 15) is 14.7 Å². The van der Waals surface area contributed by atoms with Crippen LogP contribution in [-0.4, -0.2) is 11.1 Å².